The largest absolute Gasteiger partial charge is 0.368 e. The van der Waals surface area contributed by atoms with E-state index < -0.39 is 0 Å². The van der Waals surface area contributed by atoms with Gasteiger partial charge in [0.25, 0.3) is 0 Å². The van der Waals surface area contributed by atoms with Crippen LogP contribution >= 0.6 is 0 Å². The van der Waals surface area contributed by atoms with Crippen molar-refractivity contribution in [3.63, 3.8) is 0 Å². The molecule has 0 saturated carbocycles. The van der Waals surface area contributed by atoms with Crippen molar-refractivity contribution in [1.29, 1.82) is 0 Å². The van der Waals surface area contributed by atoms with E-state index in [0.29, 0.717) is 0 Å². The second kappa shape index (κ2) is 5.76. The molecule has 4 heterocycles. The molecule has 2 aromatic rings. The van der Waals surface area contributed by atoms with E-state index in [1.165, 1.54) is 22.6 Å². The second-order valence-corrected chi connectivity index (χ2v) is 6.75. The fraction of sp³-hybridized carbons (Fsp3) is 0.647. The predicted molar refractivity (Wildman–Crippen MR) is 87.1 cm³/mol. The van der Waals surface area contributed by atoms with Crippen LogP contribution in [0.2, 0.25) is 0 Å². The number of hydrogen-bond donors (Lipinski definition) is 2. The molecule has 23 heavy (non-hydrogen) atoms. The quantitative estimate of drug-likeness (QED) is 0.910. The molecule has 0 aliphatic carbocycles. The molecule has 0 atom stereocenters. The van der Waals surface area contributed by atoms with Gasteiger partial charge in [-0.25, -0.2) is 4.98 Å². The number of likely N-dealkylation sites (tertiary alicyclic amines) is 1. The third kappa shape index (κ3) is 2.60. The van der Waals surface area contributed by atoms with Crippen molar-refractivity contribution in [3.05, 3.63) is 34.7 Å². The molecule has 2 N–H and O–H groups in total. The molecular formula is C17H25N5O. The standard InChI is InChI=1S/C17H25N5O/c1-3-15-19-12(2)14(20-15)11-22-7-5-17(6-8-22)16-13(4-9-23-17)10-18-21-16/h10H,3-9,11H2,1-2H3,(H,18,21)(H,19,20). The molecule has 0 bridgehead atoms. The van der Waals surface area contributed by atoms with E-state index >= 15 is 0 Å². The number of aromatic amines is 2. The van der Waals surface area contributed by atoms with Gasteiger partial charge in [-0.05, 0) is 31.7 Å². The molecule has 2 aliphatic rings. The fourth-order valence-corrected chi connectivity index (χ4v) is 3.89. The van der Waals surface area contributed by atoms with Gasteiger partial charge in [-0.15, -0.1) is 0 Å². The van der Waals surface area contributed by atoms with Crippen LogP contribution in [0.5, 0.6) is 0 Å². The van der Waals surface area contributed by atoms with E-state index in [2.05, 4.69) is 33.9 Å². The first-order chi connectivity index (χ1) is 11.2. The number of rotatable bonds is 3. The summed E-state index contributed by atoms with van der Waals surface area (Å²) in [6, 6.07) is 0. The summed E-state index contributed by atoms with van der Waals surface area (Å²) in [5, 5.41) is 7.42. The van der Waals surface area contributed by atoms with Gasteiger partial charge in [0.15, 0.2) is 0 Å². The number of fused-ring (bicyclic) bond motifs is 2. The number of imidazole rings is 1. The Morgan fingerprint density at radius 3 is 2.91 bits per heavy atom. The topological polar surface area (TPSA) is 69.8 Å². The molecule has 2 aromatic heterocycles. The van der Waals surface area contributed by atoms with Crippen LogP contribution in [0.15, 0.2) is 6.20 Å². The first kappa shape index (κ1) is 14.9. The smallest absolute Gasteiger partial charge is 0.112 e. The summed E-state index contributed by atoms with van der Waals surface area (Å²) in [6.07, 6.45) is 5.94. The van der Waals surface area contributed by atoms with Gasteiger partial charge in [0, 0.05) is 31.7 Å². The normalized spacial score (nSPS) is 20.8. The van der Waals surface area contributed by atoms with Crippen molar-refractivity contribution < 1.29 is 4.74 Å². The van der Waals surface area contributed by atoms with Crippen LogP contribution in [-0.4, -0.2) is 44.8 Å². The summed E-state index contributed by atoms with van der Waals surface area (Å²) < 4.78 is 6.22. The monoisotopic (exact) mass is 315 g/mol. The van der Waals surface area contributed by atoms with Crippen molar-refractivity contribution >= 4 is 0 Å². The van der Waals surface area contributed by atoms with Crippen LogP contribution in [0.1, 0.15) is 48.2 Å². The summed E-state index contributed by atoms with van der Waals surface area (Å²) in [6.45, 7) is 8.06. The molecular weight excluding hydrogens is 290 g/mol. The number of nitrogens with zero attached hydrogens (tertiary/aromatic N) is 3. The zero-order valence-electron chi connectivity index (χ0n) is 14.0. The highest BCUT2D eigenvalue weighted by Crippen LogP contribution is 2.40. The highest BCUT2D eigenvalue weighted by molar-refractivity contribution is 5.26. The van der Waals surface area contributed by atoms with Crippen LogP contribution in [0.25, 0.3) is 0 Å². The van der Waals surface area contributed by atoms with E-state index in [9.17, 15) is 0 Å². The van der Waals surface area contributed by atoms with Crippen molar-refractivity contribution in [2.24, 2.45) is 0 Å². The van der Waals surface area contributed by atoms with Gasteiger partial charge in [0.2, 0.25) is 0 Å². The molecule has 0 amide bonds. The molecule has 2 aliphatic heterocycles. The molecule has 124 valence electrons. The maximum Gasteiger partial charge on any atom is 0.112 e. The van der Waals surface area contributed by atoms with Crippen molar-refractivity contribution in [2.75, 3.05) is 19.7 Å². The lowest BCUT2D eigenvalue weighted by molar-refractivity contribution is -0.102. The Bertz CT molecular complexity index is 681. The van der Waals surface area contributed by atoms with Gasteiger partial charge < -0.3 is 9.72 Å². The van der Waals surface area contributed by atoms with Gasteiger partial charge in [-0.1, -0.05) is 6.92 Å². The van der Waals surface area contributed by atoms with Crippen molar-refractivity contribution in [2.45, 2.75) is 51.7 Å². The van der Waals surface area contributed by atoms with Crippen LogP contribution in [0.3, 0.4) is 0 Å². The Kier molecular flexibility index (Phi) is 3.73. The fourth-order valence-electron chi connectivity index (χ4n) is 3.89. The summed E-state index contributed by atoms with van der Waals surface area (Å²) in [5.41, 5.74) is 4.79. The first-order valence-electron chi connectivity index (χ1n) is 8.63. The maximum atomic E-state index is 6.22. The van der Waals surface area contributed by atoms with E-state index in [1.54, 1.807) is 0 Å². The van der Waals surface area contributed by atoms with Crippen molar-refractivity contribution in [3.8, 4) is 0 Å². The highest BCUT2D eigenvalue weighted by atomic mass is 16.5. The molecule has 1 spiro atoms. The molecule has 6 heteroatoms. The number of piperidine rings is 1. The molecule has 1 fully saturated rings. The van der Waals surface area contributed by atoms with Gasteiger partial charge in [0.1, 0.15) is 11.4 Å². The molecule has 6 nitrogen and oxygen atoms in total. The third-order valence-corrected chi connectivity index (χ3v) is 5.33. The summed E-state index contributed by atoms with van der Waals surface area (Å²) in [7, 11) is 0. The zero-order chi connectivity index (χ0) is 15.9. The Morgan fingerprint density at radius 2 is 2.17 bits per heavy atom. The number of hydrogen-bond acceptors (Lipinski definition) is 4. The summed E-state index contributed by atoms with van der Waals surface area (Å²) in [5.74, 6) is 1.09. The number of ether oxygens (including phenoxy) is 1. The van der Waals surface area contributed by atoms with Crippen LogP contribution in [0.4, 0.5) is 0 Å². The van der Waals surface area contributed by atoms with Gasteiger partial charge in [-0.2, -0.15) is 5.10 Å². The number of aryl methyl sites for hydroxylation is 2. The Hall–Kier alpha value is -1.66. The lowest BCUT2D eigenvalue weighted by Gasteiger charge is -2.43. The van der Waals surface area contributed by atoms with Gasteiger partial charge in [-0.3, -0.25) is 10.00 Å². The SMILES string of the molecule is CCc1nc(CN2CCC3(CC2)OCCc2cn[nH]c23)c(C)[nH]1. The van der Waals surface area contributed by atoms with E-state index in [-0.39, 0.29) is 5.60 Å². The number of H-pyrrole nitrogens is 2. The molecule has 4 rings (SSSR count). The van der Waals surface area contributed by atoms with E-state index in [1.807, 2.05) is 6.20 Å². The van der Waals surface area contributed by atoms with Gasteiger partial charge in [0.05, 0.1) is 24.2 Å². The summed E-state index contributed by atoms with van der Waals surface area (Å²) in [4.78, 5) is 10.6. The zero-order valence-corrected chi connectivity index (χ0v) is 14.0. The first-order valence-corrected chi connectivity index (χ1v) is 8.63. The van der Waals surface area contributed by atoms with E-state index in [4.69, 9.17) is 9.72 Å². The van der Waals surface area contributed by atoms with Crippen LogP contribution < -0.4 is 0 Å². The Morgan fingerprint density at radius 1 is 1.35 bits per heavy atom. The van der Waals surface area contributed by atoms with Gasteiger partial charge >= 0.3 is 0 Å². The lowest BCUT2D eigenvalue weighted by Crippen LogP contribution is -2.46. The molecule has 1 saturated heterocycles. The average molecular weight is 315 g/mol. The van der Waals surface area contributed by atoms with Crippen molar-refractivity contribution in [1.82, 2.24) is 25.1 Å². The minimum absolute atomic E-state index is 0.143. The van der Waals surface area contributed by atoms with Crippen LogP contribution in [-0.2, 0) is 29.7 Å². The number of nitrogens with one attached hydrogen (secondary N) is 2. The van der Waals surface area contributed by atoms with Crippen LogP contribution in [0, 0.1) is 6.92 Å². The number of aromatic nitrogens is 4. The molecule has 0 aromatic carbocycles. The lowest BCUT2D eigenvalue weighted by atomic mass is 9.84. The molecule has 0 radical (unpaired) electrons. The summed E-state index contributed by atoms with van der Waals surface area (Å²) >= 11 is 0. The minimum Gasteiger partial charge on any atom is -0.368 e. The third-order valence-electron chi connectivity index (χ3n) is 5.33. The highest BCUT2D eigenvalue weighted by Gasteiger charge is 2.42. The average Bonchev–Trinajstić information content (AvgIpc) is 3.18. The minimum atomic E-state index is -0.143. The molecule has 0 unspecified atom stereocenters. The predicted octanol–water partition coefficient (Wildman–Crippen LogP) is 2.07. The Labute approximate surface area is 136 Å². The second-order valence-electron chi connectivity index (χ2n) is 6.75. The maximum absolute atomic E-state index is 6.22. The van der Waals surface area contributed by atoms with E-state index in [0.717, 1.165) is 57.7 Å². The Balaban J connectivity index is 1.45.